The molecule has 9 heteroatoms. The van der Waals surface area contributed by atoms with E-state index in [-0.39, 0.29) is 5.56 Å². The van der Waals surface area contributed by atoms with Crippen molar-refractivity contribution in [3.63, 3.8) is 0 Å². The van der Waals surface area contributed by atoms with Gasteiger partial charge in [-0.05, 0) is 60.0 Å². The molecule has 0 fully saturated rings. The summed E-state index contributed by atoms with van der Waals surface area (Å²) >= 11 is 6.40. The van der Waals surface area contributed by atoms with Crippen LogP contribution < -0.4 is 19.5 Å². The highest BCUT2D eigenvalue weighted by Gasteiger charge is 2.30. The molecule has 0 aliphatic rings. The average molecular weight is 532 g/mol. The van der Waals surface area contributed by atoms with Gasteiger partial charge in [-0.3, -0.25) is 4.79 Å². The van der Waals surface area contributed by atoms with Crippen LogP contribution in [0.5, 0.6) is 17.2 Å². The number of benzene rings is 3. The van der Waals surface area contributed by atoms with Crippen LogP contribution in [0, 0.1) is 6.92 Å². The number of aryl methyl sites for hydroxylation is 1. The van der Waals surface area contributed by atoms with E-state index in [0.717, 1.165) is 41.0 Å². The lowest BCUT2D eigenvalue weighted by atomic mass is 10.1. The third kappa shape index (κ3) is 6.86. The van der Waals surface area contributed by atoms with Gasteiger partial charge in [-0.15, -0.1) is 0 Å². The highest BCUT2D eigenvalue weighted by Crippen LogP contribution is 2.36. The normalized spacial score (nSPS) is 11.7. The maximum atomic E-state index is 12.7. The molecule has 3 aromatic rings. The minimum atomic E-state index is -4.47. The summed E-state index contributed by atoms with van der Waals surface area (Å²) in [4.78, 5) is 12.4. The number of hydrogen-bond acceptors (Lipinski definition) is 5. The lowest BCUT2D eigenvalue weighted by Crippen LogP contribution is -2.05. The third-order valence-corrected chi connectivity index (χ3v) is 5.68. The number of rotatable bonds is 9. The molecule has 5 nitrogen and oxygen atoms in total. The molecule has 3 aromatic carbocycles. The van der Waals surface area contributed by atoms with Crippen LogP contribution in [0.3, 0.4) is 0 Å². The second-order valence-electron chi connectivity index (χ2n) is 7.91. The van der Waals surface area contributed by atoms with Crippen molar-refractivity contribution in [2.75, 3.05) is 26.6 Å². The number of alkyl halides is 3. The van der Waals surface area contributed by atoms with Crippen LogP contribution in [0.4, 0.5) is 18.9 Å². The molecular formula is C28H25ClF3NO4. The zero-order valence-electron chi connectivity index (χ0n) is 20.6. The van der Waals surface area contributed by atoms with Crippen molar-refractivity contribution in [2.45, 2.75) is 13.1 Å². The molecule has 0 heterocycles. The molecule has 0 amide bonds. The van der Waals surface area contributed by atoms with Crippen molar-refractivity contribution in [1.82, 2.24) is 0 Å². The van der Waals surface area contributed by atoms with Gasteiger partial charge in [0.2, 0.25) is 0 Å². The van der Waals surface area contributed by atoms with Crippen LogP contribution in [-0.4, -0.2) is 27.1 Å². The molecule has 0 aliphatic carbocycles. The number of carbonyl (C=O) groups is 1. The summed E-state index contributed by atoms with van der Waals surface area (Å²) in [5, 5.41) is 3.31. The predicted octanol–water partition coefficient (Wildman–Crippen LogP) is 7.67. The second-order valence-corrected chi connectivity index (χ2v) is 8.31. The largest absolute Gasteiger partial charge is 0.493 e. The van der Waals surface area contributed by atoms with Crippen molar-refractivity contribution in [2.24, 2.45) is 0 Å². The van der Waals surface area contributed by atoms with E-state index in [4.69, 9.17) is 25.8 Å². The smallest absolute Gasteiger partial charge is 0.416 e. The first-order valence-electron chi connectivity index (χ1n) is 11.0. The Labute approximate surface area is 218 Å². The zero-order chi connectivity index (χ0) is 27.2. The van der Waals surface area contributed by atoms with E-state index in [2.05, 4.69) is 5.32 Å². The highest BCUT2D eigenvalue weighted by molar-refractivity contribution is 6.32. The van der Waals surface area contributed by atoms with Crippen LogP contribution >= 0.6 is 11.6 Å². The third-order valence-electron chi connectivity index (χ3n) is 5.40. The zero-order valence-corrected chi connectivity index (χ0v) is 21.3. The maximum Gasteiger partial charge on any atom is 0.416 e. The fourth-order valence-electron chi connectivity index (χ4n) is 3.62. The van der Waals surface area contributed by atoms with E-state index >= 15 is 0 Å². The lowest BCUT2D eigenvalue weighted by Gasteiger charge is -2.12. The molecule has 0 bridgehead atoms. The van der Waals surface area contributed by atoms with Gasteiger partial charge in [0.1, 0.15) is 0 Å². The first-order valence-corrected chi connectivity index (χ1v) is 11.4. The van der Waals surface area contributed by atoms with Gasteiger partial charge >= 0.3 is 6.18 Å². The second kappa shape index (κ2) is 11.9. The summed E-state index contributed by atoms with van der Waals surface area (Å²) < 4.78 is 54.4. The van der Waals surface area contributed by atoms with Gasteiger partial charge in [0.15, 0.2) is 23.0 Å². The minimum Gasteiger partial charge on any atom is -0.493 e. The van der Waals surface area contributed by atoms with Crippen molar-refractivity contribution in [1.29, 1.82) is 0 Å². The number of carbonyl (C=O) groups excluding carboxylic acids is 1. The molecular weight excluding hydrogens is 507 g/mol. The number of ether oxygens (including phenoxy) is 3. The molecule has 0 saturated carbocycles. The first-order chi connectivity index (χ1) is 17.6. The molecule has 0 saturated heterocycles. The molecule has 0 spiro atoms. The molecule has 3 rings (SSSR count). The number of anilines is 1. The average Bonchev–Trinajstić information content (AvgIpc) is 2.86. The SMILES string of the molecule is COc1cc(/C=C\c2cc(Cl)c(OC)c(N/C=C\C(=O)c3ccc(C(F)(F)F)cc3)c2)cc(C)c1OC. The van der Waals surface area contributed by atoms with Gasteiger partial charge in [0.05, 0.1) is 37.6 Å². The Morgan fingerprint density at radius 1 is 0.892 bits per heavy atom. The molecule has 37 heavy (non-hydrogen) atoms. The standard InChI is InChI=1S/C28H25ClF3NO4/c1-17-13-18(16-25(35-2)26(17)36-3)5-6-19-14-22(29)27(37-4)23(15-19)33-12-11-24(34)20-7-9-21(10-8-20)28(30,31)32/h5-16,33H,1-4H3/b6-5-,12-11-. The fraction of sp³-hybridized carbons (Fsp3) is 0.179. The topological polar surface area (TPSA) is 56.8 Å². The Hall–Kier alpha value is -3.91. The monoisotopic (exact) mass is 531 g/mol. The maximum absolute atomic E-state index is 12.7. The summed E-state index contributed by atoms with van der Waals surface area (Å²) in [6.45, 7) is 1.92. The Balaban J connectivity index is 1.80. The van der Waals surface area contributed by atoms with Crippen molar-refractivity contribution >= 4 is 35.2 Å². The fourth-order valence-corrected chi connectivity index (χ4v) is 3.93. The summed E-state index contributed by atoms with van der Waals surface area (Å²) in [5.74, 6) is 1.18. The Kier molecular flexibility index (Phi) is 8.89. The molecule has 0 radical (unpaired) electrons. The number of nitrogens with one attached hydrogen (secondary N) is 1. The van der Waals surface area contributed by atoms with E-state index in [1.807, 2.05) is 31.2 Å². The van der Waals surface area contributed by atoms with Crippen molar-refractivity contribution in [3.8, 4) is 17.2 Å². The van der Waals surface area contributed by atoms with E-state index in [0.29, 0.717) is 28.0 Å². The van der Waals surface area contributed by atoms with Crippen LogP contribution in [0.15, 0.2) is 60.8 Å². The molecule has 0 aliphatic heterocycles. The Morgan fingerprint density at radius 3 is 2.08 bits per heavy atom. The van der Waals surface area contributed by atoms with Gasteiger partial charge in [-0.25, -0.2) is 0 Å². The number of methoxy groups -OCH3 is 3. The molecule has 0 atom stereocenters. The van der Waals surface area contributed by atoms with E-state index in [1.54, 1.807) is 26.4 Å². The molecule has 1 N–H and O–H groups in total. The van der Waals surface area contributed by atoms with Gasteiger partial charge in [-0.1, -0.05) is 35.9 Å². The van der Waals surface area contributed by atoms with Crippen molar-refractivity contribution < 1.29 is 32.2 Å². The van der Waals surface area contributed by atoms with Gasteiger partial charge in [0.25, 0.3) is 0 Å². The molecule has 194 valence electrons. The van der Waals surface area contributed by atoms with Crippen molar-refractivity contribution in [3.05, 3.63) is 93.6 Å². The van der Waals surface area contributed by atoms with Crippen LogP contribution in [-0.2, 0) is 6.18 Å². The number of halogens is 4. The number of ketones is 1. The van der Waals surface area contributed by atoms with Crippen LogP contribution in [0.25, 0.3) is 12.2 Å². The summed E-state index contributed by atoms with van der Waals surface area (Å²) in [5.41, 5.74) is 2.35. The number of hydrogen-bond donors (Lipinski definition) is 1. The Bertz CT molecular complexity index is 1330. The summed E-state index contributed by atoms with van der Waals surface area (Å²) in [7, 11) is 4.62. The highest BCUT2D eigenvalue weighted by atomic mass is 35.5. The Morgan fingerprint density at radius 2 is 1.51 bits per heavy atom. The van der Waals surface area contributed by atoms with E-state index in [9.17, 15) is 18.0 Å². The van der Waals surface area contributed by atoms with Gasteiger partial charge < -0.3 is 19.5 Å². The van der Waals surface area contributed by atoms with Gasteiger partial charge in [-0.2, -0.15) is 13.2 Å². The first kappa shape index (κ1) is 27.7. The van der Waals surface area contributed by atoms with Crippen LogP contribution in [0.2, 0.25) is 5.02 Å². The summed E-state index contributed by atoms with van der Waals surface area (Å²) in [6, 6.07) is 11.3. The quantitative estimate of drug-likeness (QED) is 0.174. The molecule has 0 aromatic heterocycles. The minimum absolute atomic E-state index is 0.123. The number of allylic oxidation sites excluding steroid dienone is 1. The molecule has 0 unspecified atom stereocenters. The summed E-state index contributed by atoms with van der Waals surface area (Å²) in [6.07, 6.45) is 1.87. The van der Waals surface area contributed by atoms with E-state index in [1.165, 1.54) is 19.4 Å². The van der Waals surface area contributed by atoms with Crippen LogP contribution in [0.1, 0.15) is 32.6 Å². The van der Waals surface area contributed by atoms with E-state index < -0.39 is 17.5 Å². The lowest BCUT2D eigenvalue weighted by molar-refractivity contribution is -0.137. The van der Waals surface area contributed by atoms with Gasteiger partial charge in [0, 0.05) is 17.8 Å². The predicted molar refractivity (Wildman–Crippen MR) is 140 cm³/mol.